The van der Waals surface area contributed by atoms with Gasteiger partial charge in [0.05, 0.1) is 12.9 Å². The molecule has 19 heavy (non-hydrogen) atoms. The molecule has 1 aliphatic rings. The van der Waals surface area contributed by atoms with Crippen LogP contribution in [0.4, 0.5) is 0 Å². The van der Waals surface area contributed by atoms with Crippen molar-refractivity contribution < 1.29 is 23.4 Å². The molecule has 3 rings (SSSR count). The van der Waals surface area contributed by atoms with E-state index in [9.17, 15) is 4.79 Å². The van der Waals surface area contributed by atoms with Gasteiger partial charge in [-0.05, 0) is 29.8 Å². The normalized spacial score (nSPS) is 12.6. The van der Waals surface area contributed by atoms with Gasteiger partial charge in [-0.15, -0.1) is 0 Å². The summed E-state index contributed by atoms with van der Waals surface area (Å²) in [5, 5.41) is 0. The lowest BCUT2D eigenvalue weighted by Gasteiger charge is -2.04. The fourth-order valence-corrected chi connectivity index (χ4v) is 1.80. The molecule has 0 bridgehead atoms. The number of carbonyl (C=O) groups excluding carboxylic acids is 1. The third kappa shape index (κ3) is 2.61. The van der Waals surface area contributed by atoms with Gasteiger partial charge in [-0.25, -0.2) is 0 Å². The van der Waals surface area contributed by atoms with Gasteiger partial charge in [0.2, 0.25) is 12.6 Å². The topological polar surface area (TPSA) is 57.9 Å². The maximum atomic E-state index is 11.6. The van der Waals surface area contributed by atoms with Gasteiger partial charge in [0.1, 0.15) is 6.61 Å². The van der Waals surface area contributed by atoms with Crippen LogP contribution in [0, 0.1) is 0 Å². The van der Waals surface area contributed by atoms with Crippen LogP contribution in [0.3, 0.4) is 0 Å². The Morgan fingerprint density at radius 3 is 2.95 bits per heavy atom. The molecular formula is C14H12O5. The number of ether oxygens (including phenoxy) is 3. The number of hydrogen-bond donors (Lipinski definition) is 0. The highest BCUT2D eigenvalue weighted by molar-refractivity contribution is 5.94. The minimum absolute atomic E-state index is 0.0119. The average Bonchev–Trinajstić information content (AvgIpc) is 3.09. The van der Waals surface area contributed by atoms with E-state index in [1.54, 1.807) is 12.1 Å². The number of fused-ring (bicyclic) bond motifs is 1. The molecule has 0 radical (unpaired) electrons. The Kier molecular flexibility index (Phi) is 3.20. The van der Waals surface area contributed by atoms with Crippen LogP contribution >= 0.6 is 0 Å². The van der Waals surface area contributed by atoms with Crippen molar-refractivity contribution in [3.63, 3.8) is 0 Å². The summed E-state index contributed by atoms with van der Waals surface area (Å²) in [7, 11) is 0. The van der Waals surface area contributed by atoms with E-state index < -0.39 is 0 Å². The van der Waals surface area contributed by atoms with Crippen LogP contribution < -0.4 is 9.47 Å². The van der Waals surface area contributed by atoms with Crippen molar-refractivity contribution in [3.8, 4) is 11.5 Å². The van der Waals surface area contributed by atoms with Gasteiger partial charge in [-0.2, -0.15) is 0 Å². The smallest absolute Gasteiger partial charge is 0.231 e. The van der Waals surface area contributed by atoms with Crippen LogP contribution in [0.15, 0.2) is 41.0 Å². The molecule has 0 amide bonds. The molecule has 0 saturated heterocycles. The first-order chi connectivity index (χ1) is 9.33. The second kappa shape index (κ2) is 5.16. The summed E-state index contributed by atoms with van der Waals surface area (Å²) >= 11 is 0. The molecule has 0 N–H and O–H groups in total. The van der Waals surface area contributed by atoms with Crippen molar-refractivity contribution in [2.45, 2.75) is 6.61 Å². The fraction of sp³-hybridized carbons (Fsp3) is 0.214. The van der Waals surface area contributed by atoms with Gasteiger partial charge in [-0.3, -0.25) is 4.79 Å². The molecule has 2 heterocycles. The lowest BCUT2D eigenvalue weighted by molar-refractivity contribution is 0.0700. The lowest BCUT2D eigenvalue weighted by atomic mass is 10.2. The van der Waals surface area contributed by atoms with E-state index in [2.05, 4.69) is 0 Å². The van der Waals surface area contributed by atoms with Crippen molar-refractivity contribution >= 4 is 5.78 Å². The predicted molar refractivity (Wildman–Crippen MR) is 65.3 cm³/mol. The number of carbonyl (C=O) groups is 1. The summed E-state index contributed by atoms with van der Waals surface area (Å²) < 4.78 is 20.8. The maximum absolute atomic E-state index is 11.6. The van der Waals surface area contributed by atoms with E-state index in [-0.39, 0.29) is 19.2 Å². The fourth-order valence-electron chi connectivity index (χ4n) is 1.80. The minimum Gasteiger partial charge on any atom is -0.461 e. The maximum Gasteiger partial charge on any atom is 0.231 e. The van der Waals surface area contributed by atoms with E-state index >= 15 is 0 Å². The molecule has 0 fully saturated rings. The van der Waals surface area contributed by atoms with Gasteiger partial charge in [-0.1, -0.05) is 6.07 Å². The van der Waals surface area contributed by atoms with Gasteiger partial charge in [0.25, 0.3) is 0 Å². The van der Waals surface area contributed by atoms with Gasteiger partial charge < -0.3 is 18.6 Å². The summed E-state index contributed by atoms with van der Waals surface area (Å²) in [5.74, 6) is 1.57. The Labute approximate surface area is 109 Å². The molecule has 0 atom stereocenters. The Balaban J connectivity index is 1.54. The average molecular weight is 260 g/mol. The van der Waals surface area contributed by atoms with Crippen molar-refractivity contribution in [2.75, 3.05) is 13.4 Å². The standard InChI is InChI=1S/C14H12O5/c15-11(12-2-1-5-17-12)8-16-7-10-3-4-13-14(6-10)19-9-18-13/h1-6H,7-9H2. The van der Waals surface area contributed by atoms with Crippen molar-refractivity contribution in [1.29, 1.82) is 0 Å². The zero-order valence-electron chi connectivity index (χ0n) is 10.1. The summed E-state index contributed by atoms with van der Waals surface area (Å²) in [6.07, 6.45) is 1.46. The molecule has 98 valence electrons. The van der Waals surface area contributed by atoms with Gasteiger partial charge in [0, 0.05) is 0 Å². The largest absolute Gasteiger partial charge is 0.461 e. The second-order valence-electron chi connectivity index (χ2n) is 4.08. The third-order valence-electron chi connectivity index (χ3n) is 2.73. The van der Waals surface area contributed by atoms with E-state index in [4.69, 9.17) is 18.6 Å². The Morgan fingerprint density at radius 2 is 2.11 bits per heavy atom. The number of hydrogen-bond acceptors (Lipinski definition) is 5. The molecule has 5 nitrogen and oxygen atoms in total. The van der Waals surface area contributed by atoms with E-state index in [0.717, 1.165) is 11.3 Å². The van der Waals surface area contributed by atoms with E-state index in [1.165, 1.54) is 6.26 Å². The van der Waals surface area contributed by atoms with E-state index in [1.807, 2.05) is 18.2 Å². The summed E-state index contributed by atoms with van der Waals surface area (Å²) in [4.78, 5) is 11.6. The van der Waals surface area contributed by atoms with Gasteiger partial charge >= 0.3 is 0 Å². The highest BCUT2D eigenvalue weighted by Crippen LogP contribution is 2.32. The van der Waals surface area contributed by atoms with Crippen molar-refractivity contribution in [1.82, 2.24) is 0 Å². The molecule has 0 aliphatic carbocycles. The quantitative estimate of drug-likeness (QED) is 0.773. The first-order valence-electron chi connectivity index (χ1n) is 5.86. The molecule has 1 aromatic carbocycles. The summed E-state index contributed by atoms with van der Waals surface area (Å²) in [5.41, 5.74) is 0.927. The van der Waals surface area contributed by atoms with Crippen LogP contribution in [0.1, 0.15) is 16.1 Å². The Bertz CT molecular complexity index is 574. The van der Waals surface area contributed by atoms with Crippen LogP contribution in [0.2, 0.25) is 0 Å². The number of rotatable bonds is 5. The zero-order chi connectivity index (χ0) is 13.1. The molecule has 1 aliphatic heterocycles. The molecular weight excluding hydrogens is 248 g/mol. The molecule has 5 heteroatoms. The Morgan fingerprint density at radius 1 is 1.21 bits per heavy atom. The Hall–Kier alpha value is -2.27. The number of Topliss-reactive ketones (excluding diaryl/α,β-unsaturated/α-hetero) is 1. The number of ketones is 1. The highest BCUT2D eigenvalue weighted by Gasteiger charge is 2.13. The lowest BCUT2D eigenvalue weighted by Crippen LogP contribution is -2.08. The number of benzene rings is 1. The van der Waals surface area contributed by atoms with Crippen LogP contribution in [0.25, 0.3) is 0 Å². The first kappa shape index (κ1) is 11.8. The van der Waals surface area contributed by atoms with Crippen LogP contribution in [-0.2, 0) is 11.3 Å². The molecule has 1 aromatic heterocycles. The molecule has 2 aromatic rings. The van der Waals surface area contributed by atoms with E-state index in [0.29, 0.717) is 18.1 Å². The highest BCUT2D eigenvalue weighted by atomic mass is 16.7. The van der Waals surface area contributed by atoms with Crippen LogP contribution in [-0.4, -0.2) is 19.2 Å². The second-order valence-corrected chi connectivity index (χ2v) is 4.08. The molecule has 0 unspecified atom stereocenters. The van der Waals surface area contributed by atoms with Crippen molar-refractivity contribution in [2.24, 2.45) is 0 Å². The first-order valence-corrected chi connectivity index (χ1v) is 5.86. The van der Waals surface area contributed by atoms with Crippen LogP contribution in [0.5, 0.6) is 11.5 Å². The third-order valence-corrected chi connectivity index (χ3v) is 2.73. The summed E-state index contributed by atoms with van der Waals surface area (Å²) in [6, 6.07) is 8.84. The minimum atomic E-state index is -0.175. The predicted octanol–water partition coefficient (Wildman–Crippen LogP) is 2.41. The molecule has 0 spiro atoms. The summed E-state index contributed by atoms with van der Waals surface area (Å²) in [6.45, 7) is 0.571. The van der Waals surface area contributed by atoms with Gasteiger partial charge in [0.15, 0.2) is 17.3 Å². The van der Waals surface area contributed by atoms with Crippen molar-refractivity contribution in [3.05, 3.63) is 47.9 Å². The molecule has 0 saturated carbocycles. The SMILES string of the molecule is O=C(COCc1ccc2c(c1)OCO2)c1ccco1. The zero-order valence-corrected chi connectivity index (χ0v) is 10.1. The monoisotopic (exact) mass is 260 g/mol. The number of furan rings is 1.